The smallest absolute Gasteiger partial charge is 0.270 e. The van der Waals surface area contributed by atoms with Gasteiger partial charge in [-0.15, -0.1) is 0 Å². The van der Waals surface area contributed by atoms with Crippen LogP contribution >= 0.6 is 0 Å². The molecule has 3 heterocycles. The fourth-order valence-electron chi connectivity index (χ4n) is 3.72. The molecule has 4 rings (SSSR count). The first-order chi connectivity index (χ1) is 15.1. The highest BCUT2D eigenvalue weighted by atomic mass is 16.2. The number of fused-ring (bicyclic) bond motifs is 1. The molecule has 1 saturated heterocycles. The van der Waals surface area contributed by atoms with E-state index in [9.17, 15) is 4.79 Å². The van der Waals surface area contributed by atoms with Gasteiger partial charge in [-0.3, -0.25) is 9.79 Å². The zero-order chi connectivity index (χ0) is 21.8. The van der Waals surface area contributed by atoms with Crippen molar-refractivity contribution in [3.63, 3.8) is 0 Å². The maximum Gasteiger partial charge on any atom is 0.270 e. The zero-order valence-electron chi connectivity index (χ0n) is 18.3. The molecule has 1 amide bonds. The molecule has 2 aromatic heterocycles. The molecule has 0 bridgehead atoms. The number of aromatic amines is 1. The van der Waals surface area contributed by atoms with E-state index in [4.69, 9.17) is 0 Å². The van der Waals surface area contributed by atoms with Gasteiger partial charge in [0, 0.05) is 42.1 Å². The van der Waals surface area contributed by atoms with E-state index in [-0.39, 0.29) is 5.91 Å². The van der Waals surface area contributed by atoms with Crippen molar-refractivity contribution in [3.05, 3.63) is 53.5 Å². The summed E-state index contributed by atoms with van der Waals surface area (Å²) in [7, 11) is 0. The lowest BCUT2D eigenvalue weighted by Crippen LogP contribution is -2.42. The van der Waals surface area contributed by atoms with Gasteiger partial charge in [0.25, 0.3) is 5.91 Å². The standard InChI is InChI=1S/C24H28N6O/c1-4-8-19(25-6-3)20-9-10-26-24(29-20)27-18-13-16(5-2)22-17(14-18)15-21(28-22)23(31)30-11-7-12-30/h6,8-10,13-15,28H,4-5,7,11-12H2,1-3H3,(H,26,27,29)/b19-8-,25-6?. The number of hydrogen-bond acceptors (Lipinski definition) is 5. The molecule has 2 N–H and O–H groups in total. The number of aliphatic imine (C=N–C) groups is 1. The third-order valence-electron chi connectivity index (χ3n) is 5.40. The molecule has 1 fully saturated rings. The Labute approximate surface area is 182 Å². The molecule has 7 heteroatoms. The SMILES string of the molecule is CC=N/C(=C\CC)c1ccnc(Nc2cc(CC)c3[nH]c(C(=O)N4CCC4)cc3c2)n1. The molecule has 0 radical (unpaired) electrons. The van der Waals surface area contributed by atoms with Crippen LogP contribution < -0.4 is 5.32 Å². The highest BCUT2D eigenvalue weighted by Gasteiger charge is 2.23. The highest BCUT2D eigenvalue weighted by molar-refractivity contribution is 6.00. The number of allylic oxidation sites excluding steroid dienone is 1. The van der Waals surface area contributed by atoms with E-state index in [1.54, 1.807) is 12.4 Å². The number of benzene rings is 1. The molecular weight excluding hydrogens is 388 g/mol. The van der Waals surface area contributed by atoms with Gasteiger partial charge < -0.3 is 15.2 Å². The average Bonchev–Trinajstić information content (AvgIpc) is 3.16. The maximum atomic E-state index is 12.6. The largest absolute Gasteiger partial charge is 0.350 e. The number of nitrogens with zero attached hydrogens (tertiary/aromatic N) is 4. The molecule has 0 atom stereocenters. The van der Waals surface area contributed by atoms with Crippen LogP contribution in [0.2, 0.25) is 0 Å². The summed E-state index contributed by atoms with van der Waals surface area (Å²) in [6.45, 7) is 7.75. The van der Waals surface area contributed by atoms with Crippen molar-refractivity contribution in [2.75, 3.05) is 18.4 Å². The third-order valence-corrected chi connectivity index (χ3v) is 5.40. The van der Waals surface area contributed by atoms with E-state index in [0.29, 0.717) is 11.6 Å². The first-order valence-electron chi connectivity index (χ1n) is 10.9. The van der Waals surface area contributed by atoms with E-state index in [0.717, 1.165) is 65.9 Å². The number of hydrogen-bond donors (Lipinski definition) is 2. The fraction of sp³-hybridized carbons (Fsp3) is 0.333. The lowest BCUT2D eigenvalue weighted by molar-refractivity contribution is 0.0646. The highest BCUT2D eigenvalue weighted by Crippen LogP contribution is 2.28. The van der Waals surface area contributed by atoms with Crippen LogP contribution in [0.25, 0.3) is 16.6 Å². The van der Waals surface area contributed by atoms with E-state index >= 15 is 0 Å². The Morgan fingerprint density at radius 3 is 2.81 bits per heavy atom. The van der Waals surface area contributed by atoms with Gasteiger partial charge in [-0.2, -0.15) is 0 Å². The molecule has 1 aromatic carbocycles. The molecule has 160 valence electrons. The lowest BCUT2D eigenvalue weighted by Gasteiger charge is -2.30. The van der Waals surface area contributed by atoms with Gasteiger partial charge in [0.2, 0.25) is 5.95 Å². The second kappa shape index (κ2) is 9.12. The predicted octanol–water partition coefficient (Wildman–Crippen LogP) is 4.95. The summed E-state index contributed by atoms with van der Waals surface area (Å²) < 4.78 is 0. The minimum absolute atomic E-state index is 0.0711. The van der Waals surface area contributed by atoms with Gasteiger partial charge in [-0.25, -0.2) is 9.97 Å². The van der Waals surface area contributed by atoms with Crippen molar-refractivity contribution in [2.24, 2.45) is 4.99 Å². The summed E-state index contributed by atoms with van der Waals surface area (Å²) >= 11 is 0. The summed E-state index contributed by atoms with van der Waals surface area (Å²) in [5.41, 5.74) is 5.30. The molecule has 3 aromatic rings. The molecule has 1 aliphatic rings. The van der Waals surface area contributed by atoms with E-state index in [2.05, 4.69) is 45.2 Å². The van der Waals surface area contributed by atoms with Gasteiger partial charge in [0.1, 0.15) is 5.69 Å². The molecule has 0 aliphatic carbocycles. The number of rotatable bonds is 7. The lowest BCUT2D eigenvalue weighted by atomic mass is 10.1. The molecule has 0 spiro atoms. The summed E-state index contributed by atoms with van der Waals surface area (Å²) in [6, 6.07) is 7.91. The number of carbonyl (C=O) groups excluding carboxylic acids is 1. The maximum absolute atomic E-state index is 12.6. The molecule has 0 saturated carbocycles. The second-order valence-corrected chi connectivity index (χ2v) is 7.56. The minimum Gasteiger partial charge on any atom is -0.350 e. The van der Waals surface area contributed by atoms with Gasteiger partial charge >= 0.3 is 0 Å². The Bertz CT molecular complexity index is 1160. The van der Waals surface area contributed by atoms with Crippen molar-refractivity contribution in [3.8, 4) is 0 Å². The number of aryl methyl sites for hydroxylation is 1. The summed E-state index contributed by atoms with van der Waals surface area (Å²) in [5, 5.41) is 4.33. The Balaban J connectivity index is 1.65. The normalized spacial score (nSPS) is 14.3. The summed E-state index contributed by atoms with van der Waals surface area (Å²) in [5.74, 6) is 0.585. The number of anilines is 2. The Morgan fingerprint density at radius 2 is 2.13 bits per heavy atom. The zero-order valence-corrected chi connectivity index (χ0v) is 18.3. The molecular formula is C24H28N6O. The third kappa shape index (κ3) is 4.35. The molecule has 1 aliphatic heterocycles. The first-order valence-corrected chi connectivity index (χ1v) is 10.9. The summed E-state index contributed by atoms with van der Waals surface area (Å²) in [4.78, 5) is 31.3. The fourth-order valence-corrected chi connectivity index (χ4v) is 3.72. The molecule has 31 heavy (non-hydrogen) atoms. The summed E-state index contributed by atoms with van der Waals surface area (Å²) in [6.07, 6.45) is 8.35. The van der Waals surface area contributed by atoms with Crippen molar-refractivity contribution in [2.45, 2.75) is 40.0 Å². The van der Waals surface area contributed by atoms with Crippen LogP contribution in [0.3, 0.4) is 0 Å². The minimum atomic E-state index is 0.0711. The monoisotopic (exact) mass is 416 g/mol. The van der Waals surface area contributed by atoms with E-state index in [1.807, 2.05) is 36.1 Å². The topological polar surface area (TPSA) is 86.3 Å². The van der Waals surface area contributed by atoms with E-state index in [1.165, 1.54) is 0 Å². The number of likely N-dealkylation sites (tertiary alicyclic amines) is 1. The Morgan fingerprint density at radius 1 is 1.29 bits per heavy atom. The van der Waals surface area contributed by atoms with Crippen molar-refractivity contribution in [1.29, 1.82) is 0 Å². The van der Waals surface area contributed by atoms with Gasteiger partial charge in [0.15, 0.2) is 0 Å². The van der Waals surface area contributed by atoms with Crippen molar-refractivity contribution >= 4 is 40.4 Å². The van der Waals surface area contributed by atoms with Gasteiger partial charge in [-0.05, 0) is 56.0 Å². The van der Waals surface area contributed by atoms with Crippen molar-refractivity contribution < 1.29 is 4.79 Å². The number of carbonyl (C=O) groups is 1. The van der Waals surface area contributed by atoms with Crippen LogP contribution in [-0.2, 0) is 6.42 Å². The van der Waals surface area contributed by atoms with Crippen LogP contribution in [0.1, 0.15) is 55.4 Å². The number of H-pyrrole nitrogens is 1. The van der Waals surface area contributed by atoms with Gasteiger partial charge in [0.05, 0.1) is 11.4 Å². The van der Waals surface area contributed by atoms with Crippen LogP contribution in [0.4, 0.5) is 11.6 Å². The molecule has 0 unspecified atom stereocenters. The average molecular weight is 417 g/mol. The number of amides is 1. The Kier molecular flexibility index (Phi) is 6.11. The van der Waals surface area contributed by atoms with Crippen LogP contribution in [-0.4, -0.2) is 45.1 Å². The number of aromatic nitrogens is 3. The second-order valence-electron chi connectivity index (χ2n) is 7.56. The van der Waals surface area contributed by atoms with Gasteiger partial charge in [-0.1, -0.05) is 19.9 Å². The van der Waals surface area contributed by atoms with Crippen molar-refractivity contribution in [1.82, 2.24) is 19.9 Å². The quantitative estimate of drug-likeness (QED) is 0.534. The van der Waals surface area contributed by atoms with Crippen LogP contribution in [0, 0.1) is 0 Å². The Hall–Kier alpha value is -3.48. The van der Waals surface area contributed by atoms with Crippen LogP contribution in [0.5, 0.6) is 0 Å². The van der Waals surface area contributed by atoms with Crippen LogP contribution in [0.15, 0.2) is 41.5 Å². The number of nitrogens with one attached hydrogen (secondary N) is 2. The predicted molar refractivity (Wildman–Crippen MR) is 126 cm³/mol. The molecule has 7 nitrogen and oxygen atoms in total. The van der Waals surface area contributed by atoms with E-state index < -0.39 is 0 Å². The first kappa shape index (κ1) is 20.8.